The van der Waals surface area contributed by atoms with Gasteiger partial charge in [-0.3, -0.25) is 4.79 Å². The van der Waals surface area contributed by atoms with E-state index in [0.717, 1.165) is 6.42 Å². The normalized spacial score (nSPS) is 47.8. The van der Waals surface area contributed by atoms with Crippen LogP contribution in [0.3, 0.4) is 0 Å². The van der Waals surface area contributed by atoms with Crippen molar-refractivity contribution in [3.63, 3.8) is 0 Å². The molecule has 0 aromatic rings. The van der Waals surface area contributed by atoms with E-state index in [1.165, 1.54) is 0 Å². The lowest BCUT2D eigenvalue weighted by Gasteiger charge is -2.35. The minimum Gasteiger partial charge on any atom is -0.352 e. The van der Waals surface area contributed by atoms with E-state index in [1.54, 1.807) is 0 Å². The van der Waals surface area contributed by atoms with Crippen LogP contribution in [0.4, 0.5) is 0 Å². The molecule has 0 spiro atoms. The van der Waals surface area contributed by atoms with Crippen LogP contribution in [0.15, 0.2) is 24.3 Å². The molecule has 3 rings (SSSR count). The van der Waals surface area contributed by atoms with Crippen molar-refractivity contribution in [2.45, 2.75) is 12.5 Å². The monoisotopic (exact) mass is 161 g/mol. The van der Waals surface area contributed by atoms with Gasteiger partial charge in [-0.25, -0.2) is 0 Å². The summed E-state index contributed by atoms with van der Waals surface area (Å²) >= 11 is 0. The van der Waals surface area contributed by atoms with Crippen molar-refractivity contribution in [3.8, 4) is 0 Å². The van der Waals surface area contributed by atoms with Gasteiger partial charge in [0.15, 0.2) is 0 Å². The van der Waals surface area contributed by atoms with Crippen LogP contribution < -0.4 is 5.32 Å². The molecule has 0 aromatic carbocycles. The predicted molar refractivity (Wildman–Crippen MR) is 45.3 cm³/mol. The van der Waals surface area contributed by atoms with E-state index in [1.807, 2.05) is 0 Å². The average Bonchev–Trinajstić information content (AvgIpc) is 2.21. The molecule has 1 amide bonds. The van der Waals surface area contributed by atoms with Crippen LogP contribution in [0.2, 0.25) is 0 Å². The lowest BCUT2D eigenvalue weighted by Crippen LogP contribution is -2.58. The van der Waals surface area contributed by atoms with Gasteiger partial charge in [-0.2, -0.15) is 0 Å². The Balaban J connectivity index is 1.98. The summed E-state index contributed by atoms with van der Waals surface area (Å²) in [6.45, 7) is 0. The summed E-state index contributed by atoms with van der Waals surface area (Å²) in [4.78, 5) is 11.2. The summed E-state index contributed by atoms with van der Waals surface area (Å²) in [5, 5.41) is 2.98. The standard InChI is InChI=1S/C10H11NO/c12-10-8-6-3-1-2-4-7(5-6)9(8)11-10/h1-4,6-9H,5H2,(H,11,12)/t6-,7+,8+,9+/m0/s1. The van der Waals surface area contributed by atoms with Gasteiger partial charge in [-0.05, 0) is 18.3 Å². The Bertz CT molecular complexity index is 292. The second kappa shape index (κ2) is 2.00. The van der Waals surface area contributed by atoms with Crippen LogP contribution in [-0.4, -0.2) is 11.9 Å². The summed E-state index contributed by atoms with van der Waals surface area (Å²) in [7, 11) is 0. The van der Waals surface area contributed by atoms with Gasteiger partial charge < -0.3 is 5.32 Å². The summed E-state index contributed by atoms with van der Waals surface area (Å²) in [6, 6.07) is 0.448. The number of hydrogen-bond acceptors (Lipinski definition) is 1. The third-order valence-corrected chi connectivity index (χ3v) is 3.29. The summed E-state index contributed by atoms with van der Waals surface area (Å²) < 4.78 is 0. The van der Waals surface area contributed by atoms with Crippen molar-refractivity contribution in [2.75, 3.05) is 0 Å². The Kier molecular flexibility index (Phi) is 1.08. The molecule has 1 aliphatic heterocycles. The van der Waals surface area contributed by atoms with Gasteiger partial charge in [0.25, 0.3) is 0 Å². The maximum Gasteiger partial charge on any atom is 0.226 e. The molecule has 0 radical (unpaired) electrons. The van der Waals surface area contributed by atoms with Gasteiger partial charge in [0.2, 0.25) is 5.91 Å². The molecule has 2 aliphatic carbocycles. The van der Waals surface area contributed by atoms with E-state index in [0.29, 0.717) is 17.9 Å². The SMILES string of the molecule is O=C1N[C@H]2[C@H]1[C@H]1C=CC=C[C@@H]2C1. The van der Waals surface area contributed by atoms with Crippen LogP contribution in [0, 0.1) is 17.8 Å². The molecule has 3 aliphatic rings. The Morgan fingerprint density at radius 2 is 2.00 bits per heavy atom. The van der Waals surface area contributed by atoms with Gasteiger partial charge >= 0.3 is 0 Å². The number of carbonyl (C=O) groups excluding carboxylic acids is 1. The third kappa shape index (κ3) is 0.631. The smallest absolute Gasteiger partial charge is 0.226 e. The predicted octanol–water partition coefficient (Wildman–Crippen LogP) is 0.863. The lowest BCUT2D eigenvalue weighted by molar-refractivity contribution is -0.135. The van der Waals surface area contributed by atoms with Crippen LogP contribution in [0.25, 0.3) is 0 Å². The minimum absolute atomic E-state index is 0.257. The van der Waals surface area contributed by atoms with Gasteiger partial charge in [-0.15, -0.1) is 0 Å². The van der Waals surface area contributed by atoms with E-state index in [9.17, 15) is 4.79 Å². The van der Waals surface area contributed by atoms with Crippen LogP contribution in [0.5, 0.6) is 0 Å². The number of carbonyl (C=O) groups is 1. The van der Waals surface area contributed by atoms with Gasteiger partial charge in [-0.1, -0.05) is 24.3 Å². The second-order valence-corrected chi connectivity index (χ2v) is 3.89. The number of rotatable bonds is 0. The van der Waals surface area contributed by atoms with Crippen LogP contribution in [0.1, 0.15) is 6.42 Å². The third-order valence-electron chi connectivity index (χ3n) is 3.29. The molecule has 1 N–H and O–H groups in total. The highest BCUT2D eigenvalue weighted by Gasteiger charge is 2.52. The van der Waals surface area contributed by atoms with Gasteiger partial charge in [0, 0.05) is 6.04 Å². The van der Waals surface area contributed by atoms with Crippen molar-refractivity contribution in [1.82, 2.24) is 5.32 Å². The number of amides is 1. The Hall–Kier alpha value is -1.05. The molecule has 2 heteroatoms. The molecule has 0 unspecified atom stereocenters. The first kappa shape index (κ1) is 6.46. The Labute approximate surface area is 71.3 Å². The topological polar surface area (TPSA) is 29.1 Å². The molecule has 4 atom stereocenters. The molecular weight excluding hydrogens is 150 g/mol. The molecule has 12 heavy (non-hydrogen) atoms. The lowest BCUT2D eigenvalue weighted by atomic mass is 9.84. The van der Waals surface area contributed by atoms with Gasteiger partial charge in [0.05, 0.1) is 5.92 Å². The molecule has 2 fully saturated rings. The van der Waals surface area contributed by atoms with E-state index >= 15 is 0 Å². The van der Waals surface area contributed by atoms with Crippen molar-refractivity contribution in [1.29, 1.82) is 0 Å². The molecule has 1 heterocycles. The molecule has 1 saturated carbocycles. The maximum absolute atomic E-state index is 11.2. The highest BCUT2D eigenvalue weighted by molar-refractivity contribution is 5.87. The highest BCUT2D eigenvalue weighted by atomic mass is 16.2. The molecule has 2 bridgehead atoms. The average molecular weight is 161 g/mol. The first-order chi connectivity index (χ1) is 5.86. The van der Waals surface area contributed by atoms with E-state index in [-0.39, 0.29) is 11.8 Å². The number of allylic oxidation sites excluding steroid dienone is 3. The summed E-state index contributed by atoms with van der Waals surface area (Å²) in [5.41, 5.74) is 0. The van der Waals surface area contributed by atoms with E-state index < -0.39 is 0 Å². The molecule has 2 nitrogen and oxygen atoms in total. The first-order valence-electron chi connectivity index (χ1n) is 4.51. The molecule has 62 valence electrons. The molecular formula is C10H11NO. The Morgan fingerprint density at radius 1 is 1.25 bits per heavy atom. The quantitative estimate of drug-likeness (QED) is 0.525. The van der Waals surface area contributed by atoms with Crippen LogP contribution in [-0.2, 0) is 4.79 Å². The number of nitrogens with one attached hydrogen (secondary N) is 1. The molecule has 0 aromatic heterocycles. The van der Waals surface area contributed by atoms with Crippen LogP contribution >= 0.6 is 0 Å². The minimum atomic E-state index is 0.257. The maximum atomic E-state index is 11.2. The first-order valence-corrected chi connectivity index (χ1v) is 4.51. The van der Waals surface area contributed by atoms with Crippen molar-refractivity contribution >= 4 is 5.91 Å². The van der Waals surface area contributed by atoms with Gasteiger partial charge in [0.1, 0.15) is 0 Å². The Morgan fingerprint density at radius 3 is 2.75 bits per heavy atom. The zero-order chi connectivity index (χ0) is 8.13. The number of hydrogen-bond donors (Lipinski definition) is 1. The zero-order valence-electron chi connectivity index (χ0n) is 6.73. The fourth-order valence-electron chi connectivity index (χ4n) is 2.67. The summed E-state index contributed by atoms with van der Waals surface area (Å²) in [5.74, 6) is 1.64. The van der Waals surface area contributed by atoms with E-state index in [2.05, 4.69) is 29.6 Å². The largest absolute Gasteiger partial charge is 0.352 e. The number of β-lactam (4-membered cyclic amide) rings is 1. The number of fused-ring (bicyclic) bond motifs is 5. The highest BCUT2D eigenvalue weighted by Crippen LogP contribution is 2.44. The fraction of sp³-hybridized carbons (Fsp3) is 0.500. The molecule has 1 saturated heterocycles. The zero-order valence-corrected chi connectivity index (χ0v) is 6.73. The van der Waals surface area contributed by atoms with Crippen molar-refractivity contribution in [2.24, 2.45) is 17.8 Å². The van der Waals surface area contributed by atoms with Crippen molar-refractivity contribution in [3.05, 3.63) is 24.3 Å². The summed E-state index contributed by atoms with van der Waals surface area (Å²) in [6.07, 6.45) is 9.74. The fourth-order valence-corrected chi connectivity index (χ4v) is 2.67. The van der Waals surface area contributed by atoms with Crippen molar-refractivity contribution < 1.29 is 4.79 Å². The van der Waals surface area contributed by atoms with E-state index in [4.69, 9.17) is 0 Å². The second-order valence-electron chi connectivity index (χ2n) is 3.89.